The predicted octanol–water partition coefficient (Wildman–Crippen LogP) is -2.58. The quantitative estimate of drug-likeness (QED) is 0.161. The molecule has 6 N–H and O–H groups in total. The zero-order valence-electron chi connectivity index (χ0n) is 21.3. The van der Waals surface area contributed by atoms with Gasteiger partial charge in [-0.3, -0.25) is 19.6 Å². The summed E-state index contributed by atoms with van der Waals surface area (Å²) in [6.45, 7) is 4.57. The molecule has 0 saturated carbocycles. The smallest absolute Gasteiger partial charge is 0.870 e. The molecule has 16 heteroatoms. The van der Waals surface area contributed by atoms with Gasteiger partial charge in [-0.25, -0.2) is 19.6 Å². The standard InChI is InChI=1S/C12H17N3O4.C10H13N3O4.Na.H2O/c1-2-18-11(17)9-7-14-12(15-10(9)16)13-6-8-4-3-5-19-8;14-8-7(9(15)16)5-12-10(13-8)11-4-6-2-1-3-17-6;;/h7-8H,2-6H2,1H3,(H2,13,14,15,16);5-6H,1-4H2,(H,15,16)(H2,11,12,13,14);;1H2/q;;+1;/p-1. The summed E-state index contributed by atoms with van der Waals surface area (Å²) in [6, 6.07) is 0. The molecule has 4 rings (SSSR count). The van der Waals surface area contributed by atoms with E-state index >= 15 is 0 Å². The van der Waals surface area contributed by atoms with Gasteiger partial charge in [-0.2, -0.15) is 0 Å². The van der Waals surface area contributed by atoms with E-state index in [4.69, 9.17) is 19.3 Å². The average Bonchev–Trinajstić information content (AvgIpc) is 3.56. The molecule has 0 aliphatic carbocycles. The second-order valence-electron chi connectivity index (χ2n) is 8.01. The Morgan fingerprint density at radius 1 is 0.974 bits per heavy atom. The van der Waals surface area contributed by atoms with E-state index in [2.05, 4.69) is 30.6 Å². The molecule has 2 aromatic heterocycles. The Morgan fingerprint density at radius 2 is 1.45 bits per heavy atom. The van der Waals surface area contributed by atoms with Crippen molar-refractivity contribution in [1.29, 1.82) is 0 Å². The van der Waals surface area contributed by atoms with Crippen molar-refractivity contribution < 1.29 is 63.9 Å². The van der Waals surface area contributed by atoms with Gasteiger partial charge in [0.05, 0.1) is 31.2 Å². The topological polar surface area (TPSA) is 228 Å². The van der Waals surface area contributed by atoms with Crippen LogP contribution in [-0.2, 0) is 14.2 Å². The molecule has 0 amide bonds. The van der Waals surface area contributed by atoms with Crippen molar-refractivity contribution in [3.8, 4) is 0 Å². The van der Waals surface area contributed by atoms with Gasteiger partial charge in [-0.15, -0.1) is 0 Å². The van der Waals surface area contributed by atoms with Crippen molar-refractivity contribution in [3.63, 3.8) is 0 Å². The van der Waals surface area contributed by atoms with Gasteiger partial charge in [0.15, 0.2) is 0 Å². The van der Waals surface area contributed by atoms with Crippen LogP contribution in [0.3, 0.4) is 0 Å². The maximum Gasteiger partial charge on any atom is 1.00 e. The number of carboxylic acid groups (broad SMARTS) is 1. The van der Waals surface area contributed by atoms with E-state index in [1.54, 1.807) is 6.92 Å². The minimum absolute atomic E-state index is 0. The van der Waals surface area contributed by atoms with Crippen LogP contribution >= 0.6 is 0 Å². The van der Waals surface area contributed by atoms with Crippen LogP contribution in [-0.4, -0.2) is 87.6 Å². The van der Waals surface area contributed by atoms with Crippen LogP contribution < -0.4 is 51.3 Å². The first kappa shape index (κ1) is 33.2. The van der Waals surface area contributed by atoms with Crippen LogP contribution in [0, 0.1) is 0 Å². The van der Waals surface area contributed by atoms with E-state index in [0.717, 1.165) is 45.1 Å². The molecule has 0 spiro atoms. The SMILES string of the molecule is CCOC(=O)c1cnc(NCC2CCCO2)[nH]c1=O.O=C(O)c1cnc(NCC2CCCO2)[nH]c1=O.[Na+].[OH-]. The van der Waals surface area contributed by atoms with Crippen LogP contribution in [0.4, 0.5) is 11.9 Å². The van der Waals surface area contributed by atoms with Gasteiger partial charge < -0.3 is 35.4 Å². The molecular weight excluding hydrogens is 515 g/mol. The zero-order valence-corrected chi connectivity index (χ0v) is 23.3. The monoisotopic (exact) mass is 546 g/mol. The number of carbonyl (C=O) groups excluding carboxylic acids is 1. The summed E-state index contributed by atoms with van der Waals surface area (Å²) in [4.78, 5) is 57.7. The van der Waals surface area contributed by atoms with Gasteiger partial charge in [0.2, 0.25) is 11.9 Å². The summed E-state index contributed by atoms with van der Waals surface area (Å²) in [5.74, 6) is -1.37. The summed E-state index contributed by atoms with van der Waals surface area (Å²) in [6.07, 6.45) is 6.59. The van der Waals surface area contributed by atoms with E-state index in [9.17, 15) is 19.2 Å². The fourth-order valence-corrected chi connectivity index (χ4v) is 3.51. The number of rotatable bonds is 9. The third-order valence-corrected chi connectivity index (χ3v) is 5.37. The summed E-state index contributed by atoms with van der Waals surface area (Å²) >= 11 is 0. The van der Waals surface area contributed by atoms with Crippen LogP contribution in [0.25, 0.3) is 0 Å². The number of nitrogens with zero attached hydrogens (tertiary/aromatic N) is 2. The zero-order chi connectivity index (χ0) is 25.9. The number of aromatic carboxylic acids is 1. The van der Waals surface area contributed by atoms with Crippen molar-refractivity contribution in [2.45, 2.75) is 44.8 Å². The van der Waals surface area contributed by atoms with Crippen molar-refractivity contribution in [2.75, 3.05) is 43.5 Å². The van der Waals surface area contributed by atoms with Gasteiger partial charge in [0.25, 0.3) is 11.1 Å². The molecule has 2 aromatic rings. The Labute approximate surface area is 239 Å². The van der Waals surface area contributed by atoms with Crippen molar-refractivity contribution in [1.82, 2.24) is 19.9 Å². The normalized spacial score (nSPS) is 17.7. The number of H-pyrrole nitrogens is 2. The first-order valence-corrected chi connectivity index (χ1v) is 11.7. The van der Waals surface area contributed by atoms with E-state index in [-0.39, 0.29) is 70.9 Å². The molecule has 2 atom stereocenters. The fraction of sp³-hybridized carbons (Fsp3) is 0.545. The van der Waals surface area contributed by atoms with Crippen LogP contribution in [0.5, 0.6) is 0 Å². The number of carboxylic acids is 1. The first-order chi connectivity index (χ1) is 17.4. The Hall–Kier alpha value is -2.82. The van der Waals surface area contributed by atoms with Gasteiger partial charge in [0, 0.05) is 26.3 Å². The Bertz CT molecular complexity index is 1150. The number of aromatic nitrogens is 4. The molecule has 15 nitrogen and oxygen atoms in total. The Balaban J connectivity index is 0.000000363. The second kappa shape index (κ2) is 16.9. The largest absolute Gasteiger partial charge is 1.00 e. The summed E-state index contributed by atoms with van der Waals surface area (Å²) < 4.78 is 15.6. The number of anilines is 2. The molecule has 2 unspecified atom stereocenters. The minimum Gasteiger partial charge on any atom is -0.870 e. The van der Waals surface area contributed by atoms with Crippen LogP contribution in [0.15, 0.2) is 22.0 Å². The Kier molecular flexibility index (Phi) is 14.8. The molecular formula is C22H31N6NaO9. The molecule has 2 fully saturated rings. The molecule has 0 bridgehead atoms. The Morgan fingerprint density at radius 3 is 1.82 bits per heavy atom. The maximum absolute atomic E-state index is 11.7. The molecule has 4 heterocycles. The van der Waals surface area contributed by atoms with Crippen molar-refractivity contribution >= 4 is 23.8 Å². The number of hydrogen-bond acceptors (Lipinski definition) is 12. The van der Waals surface area contributed by atoms with Crippen molar-refractivity contribution in [2.24, 2.45) is 0 Å². The average molecular weight is 547 g/mol. The molecule has 204 valence electrons. The van der Waals surface area contributed by atoms with Crippen LogP contribution in [0.1, 0.15) is 53.3 Å². The number of esters is 1. The first-order valence-electron chi connectivity index (χ1n) is 11.7. The number of ether oxygens (including phenoxy) is 3. The third-order valence-electron chi connectivity index (χ3n) is 5.37. The molecule has 2 aliphatic rings. The number of aromatic amines is 2. The summed E-state index contributed by atoms with van der Waals surface area (Å²) in [7, 11) is 0. The van der Waals surface area contributed by atoms with Crippen LogP contribution in [0.2, 0.25) is 0 Å². The van der Waals surface area contributed by atoms with Gasteiger partial charge >= 0.3 is 41.5 Å². The number of nitrogens with one attached hydrogen (secondary N) is 4. The summed E-state index contributed by atoms with van der Waals surface area (Å²) in [5.41, 5.74) is -1.64. The number of carbonyl (C=O) groups is 2. The molecule has 0 radical (unpaired) electrons. The third kappa shape index (κ3) is 10.2. The van der Waals surface area contributed by atoms with E-state index in [1.165, 1.54) is 6.20 Å². The van der Waals surface area contributed by atoms with E-state index in [0.29, 0.717) is 19.0 Å². The minimum atomic E-state index is -1.29. The maximum atomic E-state index is 11.7. The van der Waals surface area contributed by atoms with E-state index < -0.39 is 23.1 Å². The molecule has 2 saturated heterocycles. The van der Waals surface area contributed by atoms with E-state index in [1.807, 2.05) is 0 Å². The number of hydrogen-bond donors (Lipinski definition) is 5. The predicted molar refractivity (Wildman–Crippen MR) is 129 cm³/mol. The fourth-order valence-electron chi connectivity index (χ4n) is 3.51. The molecule has 38 heavy (non-hydrogen) atoms. The second-order valence-corrected chi connectivity index (χ2v) is 8.01. The van der Waals surface area contributed by atoms with Gasteiger partial charge in [-0.05, 0) is 32.6 Å². The van der Waals surface area contributed by atoms with Gasteiger partial charge in [-0.1, -0.05) is 0 Å². The molecule has 0 aromatic carbocycles. The van der Waals surface area contributed by atoms with Gasteiger partial charge in [0.1, 0.15) is 11.1 Å². The molecule has 2 aliphatic heterocycles. The summed E-state index contributed by atoms with van der Waals surface area (Å²) in [5, 5.41) is 14.5. The van der Waals surface area contributed by atoms with Crippen molar-refractivity contribution in [3.05, 3.63) is 44.2 Å².